The number of hydrogen-bond acceptors (Lipinski definition) is 3. The maximum Gasteiger partial charge on any atom is 0.159 e. The molecule has 1 aliphatic rings. The Labute approximate surface area is 101 Å². The molecule has 0 fully saturated rings. The fraction of sp³-hybridized carbons (Fsp3) is 0.286. The number of nitrogens with zero attached hydrogens (tertiary/aromatic N) is 2. The summed E-state index contributed by atoms with van der Waals surface area (Å²) in [6.07, 6.45) is 3.84. The molecule has 1 unspecified atom stereocenters. The summed E-state index contributed by atoms with van der Waals surface area (Å²) in [5, 5.41) is 0. The highest BCUT2D eigenvalue weighted by Gasteiger charge is 2.21. The molecule has 0 saturated heterocycles. The molecule has 1 aromatic heterocycles. The minimum absolute atomic E-state index is 0.122. The monoisotopic (exact) mass is 225 g/mol. The Kier molecular flexibility index (Phi) is 2.41. The van der Waals surface area contributed by atoms with Gasteiger partial charge in [-0.3, -0.25) is 0 Å². The van der Waals surface area contributed by atoms with E-state index in [9.17, 15) is 0 Å². The molecule has 17 heavy (non-hydrogen) atoms. The van der Waals surface area contributed by atoms with Gasteiger partial charge in [-0.2, -0.15) is 0 Å². The first-order valence-corrected chi connectivity index (χ1v) is 5.92. The lowest BCUT2D eigenvalue weighted by Crippen LogP contribution is -2.06. The van der Waals surface area contributed by atoms with Gasteiger partial charge in [-0.05, 0) is 25.8 Å². The molecule has 0 spiro atoms. The van der Waals surface area contributed by atoms with Crippen LogP contribution in [0, 0.1) is 6.92 Å². The van der Waals surface area contributed by atoms with Gasteiger partial charge in [-0.1, -0.05) is 23.8 Å². The summed E-state index contributed by atoms with van der Waals surface area (Å²) in [5.74, 6) is 0.807. The van der Waals surface area contributed by atoms with Crippen LogP contribution < -0.4 is 5.73 Å². The third-order valence-electron chi connectivity index (χ3n) is 3.27. The Hall–Kier alpha value is -1.74. The molecule has 1 aromatic carbocycles. The van der Waals surface area contributed by atoms with Crippen molar-refractivity contribution in [3.05, 3.63) is 47.3 Å². The number of aromatic nitrogens is 2. The summed E-state index contributed by atoms with van der Waals surface area (Å²) in [6.45, 7) is 2.08. The van der Waals surface area contributed by atoms with Crippen LogP contribution in [0.1, 0.15) is 29.3 Å². The Bertz CT molecular complexity index is 563. The van der Waals surface area contributed by atoms with Crippen LogP contribution >= 0.6 is 0 Å². The highest BCUT2D eigenvalue weighted by Crippen LogP contribution is 2.28. The summed E-state index contributed by atoms with van der Waals surface area (Å²) >= 11 is 0. The molecule has 1 aliphatic carbocycles. The van der Waals surface area contributed by atoms with Gasteiger partial charge in [-0.25, -0.2) is 9.97 Å². The number of rotatable bonds is 1. The predicted molar refractivity (Wildman–Crippen MR) is 67.5 cm³/mol. The molecular formula is C14H15N3. The lowest BCUT2D eigenvalue weighted by Gasteiger charge is -2.06. The van der Waals surface area contributed by atoms with E-state index in [4.69, 9.17) is 5.73 Å². The first-order valence-electron chi connectivity index (χ1n) is 5.92. The quantitative estimate of drug-likeness (QED) is 0.810. The topological polar surface area (TPSA) is 51.8 Å². The molecule has 3 heteroatoms. The molecule has 0 amide bonds. The average Bonchev–Trinajstić information content (AvgIpc) is 2.71. The van der Waals surface area contributed by atoms with Crippen LogP contribution in [0.25, 0.3) is 11.4 Å². The van der Waals surface area contributed by atoms with Gasteiger partial charge in [0.1, 0.15) is 0 Å². The molecule has 0 saturated carbocycles. The van der Waals surface area contributed by atoms with Crippen molar-refractivity contribution in [2.75, 3.05) is 0 Å². The second kappa shape index (κ2) is 3.93. The smallest absolute Gasteiger partial charge is 0.159 e. The molecule has 2 aromatic rings. The van der Waals surface area contributed by atoms with E-state index in [0.29, 0.717) is 0 Å². The molecule has 2 N–H and O–H groups in total. The van der Waals surface area contributed by atoms with Crippen LogP contribution in [0.15, 0.2) is 30.5 Å². The molecule has 0 bridgehead atoms. The van der Waals surface area contributed by atoms with Crippen molar-refractivity contribution in [2.24, 2.45) is 5.73 Å². The zero-order valence-electron chi connectivity index (χ0n) is 9.85. The zero-order chi connectivity index (χ0) is 11.8. The van der Waals surface area contributed by atoms with E-state index >= 15 is 0 Å². The van der Waals surface area contributed by atoms with Gasteiger partial charge < -0.3 is 5.73 Å². The Morgan fingerprint density at radius 3 is 3.06 bits per heavy atom. The lowest BCUT2D eigenvalue weighted by atomic mass is 10.1. The van der Waals surface area contributed by atoms with Crippen molar-refractivity contribution in [1.82, 2.24) is 9.97 Å². The van der Waals surface area contributed by atoms with E-state index in [0.717, 1.165) is 35.5 Å². The summed E-state index contributed by atoms with van der Waals surface area (Å²) in [6, 6.07) is 8.39. The van der Waals surface area contributed by atoms with Gasteiger partial charge >= 0.3 is 0 Å². The van der Waals surface area contributed by atoms with Crippen LogP contribution in [0.5, 0.6) is 0 Å². The van der Waals surface area contributed by atoms with Crippen molar-refractivity contribution < 1.29 is 0 Å². The van der Waals surface area contributed by atoms with Crippen LogP contribution in [-0.4, -0.2) is 9.97 Å². The van der Waals surface area contributed by atoms with Crippen molar-refractivity contribution >= 4 is 0 Å². The number of benzene rings is 1. The molecule has 3 nitrogen and oxygen atoms in total. The molecule has 0 radical (unpaired) electrons. The maximum atomic E-state index is 5.98. The van der Waals surface area contributed by atoms with Crippen LogP contribution in [-0.2, 0) is 6.42 Å². The van der Waals surface area contributed by atoms with Gasteiger partial charge in [0.15, 0.2) is 5.82 Å². The van der Waals surface area contributed by atoms with Gasteiger partial charge in [0.2, 0.25) is 0 Å². The SMILES string of the molecule is Cc1cccc(-c2ncc3c(n2)CCC3N)c1. The Morgan fingerprint density at radius 2 is 2.24 bits per heavy atom. The maximum absolute atomic E-state index is 5.98. The van der Waals surface area contributed by atoms with E-state index in [1.54, 1.807) is 0 Å². The summed E-state index contributed by atoms with van der Waals surface area (Å²) in [7, 11) is 0. The van der Waals surface area contributed by atoms with Gasteiger partial charge in [0.25, 0.3) is 0 Å². The molecule has 86 valence electrons. The van der Waals surface area contributed by atoms with Crippen LogP contribution in [0.2, 0.25) is 0 Å². The van der Waals surface area contributed by atoms with E-state index < -0.39 is 0 Å². The summed E-state index contributed by atoms with van der Waals surface area (Å²) in [4.78, 5) is 9.04. The summed E-state index contributed by atoms with van der Waals surface area (Å²) < 4.78 is 0. The van der Waals surface area contributed by atoms with Crippen molar-refractivity contribution in [3.8, 4) is 11.4 Å². The van der Waals surface area contributed by atoms with E-state index in [2.05, 4.69) is 29.0 Å². The van der Waals surface area contributed by atoms with E-state index in [1.807, 2.05) is 18.3 Å². The first kappa shape index (κ1) is 10.4. The number of fused-ring (bicyclic) bond motifs is 1. The minimum atomic E-state index is 0.122. The third-order valence-corrected chi connectivity index (χ3v) is 3.27. The number of aryl methyl sites for hydroxylation is 2. The van der Waals surface area contributed by atoms with Crippen molar-refractivity contribution in [2.45, 2.75) is 25.8 Å². The normalized spacial score (nSPS) is 18.1. The van der Waals surface area contributed by atoms with Crippen LogP contribution in [0.3, 0.4) is 0 Å². The molecule has 1 heterocycles. The molecule has 1 atom stereocenters. The number of nitrogens with two attached hydrogens (primary N) is 1. The highest BCUT2D eigenvalue weighted by molar-refractivity contribution is 5.56. The first-order chi connectivity index (χ1) is 8.24. The molecule has 0 aliphatic heterocycles. The second-order valence-electron chi connectivity index (χ2n) is 4.61. The van der Waals surface area contributed by atoms with Crippen LogP contribution in [0.4, 0.5) is 0 Å². The largest absolute Gasteiger partial charge is 0.324 e. The second-order valence-corrected chi connectivity index (χ2v) is 4.61. The Balaban J connectivity index is 2.06. The van der Waals surface area contributed by atoms with Gasteiger partial charge in [0.05, 0.1) is 0 Å². The third kappa shape index (κ3) is 1.83. The zero-order valence-corrected chi connectivity index (χ0v) is 9.85. The molecular weight excluding hydrogens is 210 g/mol. The average molecular weight is 225 g/mol. The van der Waals surface area contributed by atoms with Gasteiger partial charge in [0, 0.05) is 29.1 Å². The van der Waals surface area contributed by atoms with Crippen molar-refractivity contribution in [3.63, 3.8) is 0 Å². The lowest BCUT2D eigenvalue weighted by molar-refractivity contribution is 0.711. The van der Waals surface area contributed by atoms with E-state index in [1.165, 1.54) is 5.56 Å². The van der Waals surface area contributed by atoms with Gasteiger partial charge in [-0.15, -0.1) is 0 Å². The fourth-order valence-corrected chi connectivity index (χ4v) is 2.31. The summed E-state index contributed by atoms with van der Waals surface area (Å²) in [5.41, 5.74) is 10.5. The predicted octanol–water partition coefficient (Wildman–Crippen LogP) is 2.40. The molecule has 3 rings (SSSR count). The standard InChI is InChI=1S/C14H15N3/c1-9-3-2-4-10(7-9)14-16-8-11-12(15)5-6-13(11)17-14/h2-4,7-8,12H,5-6,15H2,1H3. The Morgan fingerprint density at radius 1 is 1.35 bits per heavy atom. The van der Waals surface area contributed by atoms with E-state index in [-0.39, 0.29) is 6.04 Å². The van der Waals surface area contributed by atoms with Crippen molar-refractivity contribution in [1.29, 1.82) is 0 Å². The fourth-order valence-electron chi connectivity index (χ4n) is 2.31. The number of hydrogen-bond donors (Lipinski definition) is 1. The minimum Gasteiger partial charge on any atom is -0.324 e. The highest BCUT2D eigenvalue weighted by atomic mass is 14.9.